The van der Waals surface area contributed by atoms with Gasteiger partial charge in [0.1, 0.15) is 0 Å². The Morgan fingerprint density at radius 3 is 2.28 bits per heavy atom. The summed E-state index contributed by atoms with van der Waals surface area (Å²) < 4.78 is 0. The van der Waals surface area contributed by atoms with Crippen LogP contribution in [0.3, 0.4) is 0 Å². The van der Waals surface area contributed by atoms with Gasteiger partial charge in [-0.2, -0.15) is 0 Å². The number of hydrogen-bond acceptors (Lipinski definition) is 5. The van der Waals surface area contributed by atoms with E-state index in [0.717, 1.165) is 37.8 Å². The molecule has 1 saturated heterocycles. The van der Waals surface area contributed by atoms with E-state index in [1.807, 2.05) is 36.0 Å². The van der Waals surface area contributed by atoms with E-state index in [9.17, 15) is 4.79 Å². The zero-order valence-electron chi connectivity index (χ0n) is 11.1. The summed E-state index contributed by atoms with van der Waals surface area (Å²) in [6, 6.07) is 3.94. The molecule has 0 bridgehead atoms. The molecule has 6 heteroatoms. The minimum atomic E-state index is 0.142. The number of amides is 1. The van der Waals surface area contributed by atoms with Gasteiger partial charge in [0, 0.05) is 47.2 Å². The van der Waals surface area contributed by atoms with E-state index in [2.05, 4.69) is 15.1 Å². The van der Waals surface area contributed by atoms with Crippen molar-refractivity contribution in [2.75, 3.05) is 50.1 Å². The monoisotopic (exact) mass is 249 g/mol. The van der Waals surface area contributed by atoms with Gasteiger partial charge in [-0.05, 0) is 12.1 Å². The molecule has 0 radical (unpaired) electrons. The van der Waals surface area contributed by atoms with Crippen molar-refractivity contribution in [2.24, 2.45) is 0 Å². The number of piperazine rings is 1. The predicted molar refractivity (Wildman–Crippen MR) is 70.8 cm³/mol. The fraction of sp³-hybridized carbons (Fsp3) is 0.583. The maximum Gasteiger partial charge on any atom is 0.219 e. The fourth-order valence-electron chi connectivity index (χ4n) is 1.98. The molecule has 98 valence electrons. The van der Waals surface area contributed by atoms with Crippen LogP contribution in [0.4, 0.5) is 11.6 Å². The highest BCUT2D eigenvalue weighted by atomic mass is 16.2. The van der Waals surface area contributed by atoms with E-state index in [-0.39, 0.29) is 5.91 Å². The van der Waals surface area contributed by atoms with Gasteiger partial charge < -0.3 is 14.7 Å². The minimum Gasteiger partial charge on any atom is -0.361 e. The Labute approximate surface area is 107 Å². The number of hydrogen-bond donors (Lipinski definition) is 0. The highest BCUT2D eigenvalue weighted by Crippen LogP contribution is 2.15. The van der Waals surface area contributed by atoms with Crippen LogP contribution in [0.5, 0.6) is 0 Å². The van der Waals surface area contributed by atoms with Crippen LogP contribution in [0, 0.1) is 0 Å². The van der Waals surface area contributed by atoms with Crippen molar-refractivity contribution >= 4 is 17.5 Å². The molecule has 0 atom stereocenters. The largest absolute Gasteiger partial charge is 0.361 e. The lowest BCUT2D eigenvalue weighted by Crippen LogP contribution is -2.48. The van der Waals surface area contributed by atoms with Crippen molar-refractivity contribution in [3.63, 3.8) is 0 Å². The molecule has 1 aliphatic rings. The Hall–Kier alpha value is -1.85. The van der Waals surface area contributed by atoms with Gasteiger partial charge in [-0.15, -0.1) is 10.2 Å². The molecule has 0 saturated carbocycles. The van der Waals surface area contributed by atoms with Gasteiger partial charge in [-0.1, -0.05) is 0 Å². The second-order valence-electron chi connectivity index (χ2n) is 4.64. The van der Waals surface area contributed by atoms with Crippen LogP contribution < -0.4 is 9.80 Å². The first-order chi connectivity index (χ1) is 8.58. The first-order valence-corrected chi connectivity index (χ1v) is 6.09. The maximum absolute atomic E-state index is 11.2. The summed E-state index contributed by atoms with van der Waals surface area (Å²) in [7, 11) is 3.88. The second-order valence-corrected chi connectivity index (χ2v) is 4.64. The molecule has 18 heavy (non-hydrogen) atoms. The van der Waals surface area contributed by atoms with Gasteiger partial charge in [0.05, 0.1) is 0 Å². The van der Waals surface area contributed by atoms with Crippen molar-refractivity contribution in [2.45, 2.75) is 6.92 Å². The molecule has 1 fully saturated rings. The van der Waals surface area contributed by atoms with Crippen molar-refractivity contribution in [1.82, 2.24) is 15.1 Å². The van der Waals surface area contributed by atoms with Crippen molar-refractivity contribution in [1.29, 1.82) is 0 Å². The topological polar surface area (TPSA) is 52.6 Å². The zero-order chi connectivity index (χ0) is 13.1. The third-order valence-corrected chi connectivity index (χ3v) is 3.14. The Kier molecular flexibility index (Phi) is 3.64. The molecule has 0 aromatic carbocycles. The van der Waals surface area contributed by atoms with E-state index in [1.165, 1.54) is 0 Å². The van der Waals surface area contributed by atoms with Gasteiger partial charge in [-0.25, -0.2) is 0 Å². The highest BCUT2D eigenvalue weighted by Gasteiger charge is 2.19. The lowest BCUT2D eigenvalue weighted by molar-refractivity contribution is -0.129. The van der Waals surface area contributed by atoms with Crippen molar-refractivity contribution in [3.05, 3.63) is 12.1 Å². The maximum atomic E-state index is 11.2. The average molecular weight is 249 g/mol. The van der Waals surface area contributed by atoms with Gasteiger partial charge in [-0.3, -0.25) is 4.79 Å². The first kappa shape index (κ1) is 12.6. The number of carbonyl (C=O) groups is 1. The summed E-state index contributed by atoms with van der Waals surface area (Å²) in [5, 5.41) is 8.39. The number of nitrogens with zero attached hydrogens (tertiary/aromatic N) is 5. The van der Waals surface area contributed by atoms with Crippen LogP contribution in [-0.2, 0) is 4.79 Å². The molecule has 0 unspecified atom stereocenters. The van der Waals surface area contributed by atoms with Crippen LogP contribution in [0.25, 0.3) is 0 Å². The third kappa shape index (κ3) is 2.69. The molecule has 0 aliphatic carbocycles. The number of rotatable bonds is 2. The summed E-state index contributed by atoms with van der Waals surface area (Å²) in [5.41, 5.74) is 0. The minimum absolute atomic E-state index is 0.142. The van der Waals surface area contributed by atoms with Gasteiger partial charge in [0.25, 0.3) is 0 Å². The summed E-state index contributed by atoms with van der Waals surface area (Å²) in [6.45, 7) is 4.76. The van der Waals surface area contributed by atoms with E-state index in [0.29, 0.717) is 0 Å². The third-order valence-electron chi connectivity index (χ3n) is 3.14. The number of carbonyl (C=O) groups excluding carboxylic acids is 1. The Morgan fingerprint density at radius 2 is 1.83 bits per heavy atom. The van der Waals surface area contributed by atoms with Crippen LogP contribution in [0.1, 0.15) is 6.92 Å². The molecule has 2 rings (SSSR count). The SMILES string of the molecule is CC(=O)N1CCN(c2ccc(N(C)C)nn2)CC1. The Balaban J connectivity index is 1.99. The van der Waals surface area contributed by atoms with E-state index in [1.54, 1.807) is 6.92 Å². The van der Waals surface area contributed by atoms with Crippen molar-refractivity contribution in [3.8, 4) is 0 Å². The molecule has 2 heterocycles. The highest BCUT2D eigenvalue weighted by molar-refractivity contribution is 5.73. The number of anilines is 2. The Bertz CT molecular complexity index is 409. The van der Waals surface area contributed by atoms with Gasteiger partial charge in [0.15, 0.2) is 11.6 Å². The fourth-order valence-corrected chi connectivity index (χ4v) is 1.98. The lowest BCUT2D eigenvalue weighted by Gasteiger charge is -2.34. The van der Waals surface area contributed by atoms with Crippen LogP contribution >= 0.6 is 0 Å². The van der Waals surface area contributed by atoms with E-state index < -0.39 is 0 Å². The number of aromatic nitrogens is 2. The van der Waals surface area contributed by atoms with Crippen molar-refractivity contribution < 1.29 is 4.79 Å². The average Bonchev–Trinajstić information content (AvgIpc) is 2.39. The summed E-state index contributed by atoms with van der Waals surface area (Å²) in [5.74, 6) is 1.87. The Morgan fingerprint density at radius 1 is 1.17 bits per heavy atom. The summed E-state index contributed by atoms with van der Waals surface area (Å²) in [4.78, 5) is 17.2. The molecular weight excluding hydrogens is 230 g/mol. The molecule has 6 nitrogen and oxygen atoms in total. The zero-order valence-corrected chi connectivity index (χ0v) is 11.1. The molecule has 1 aliphatic heterocycles. The lowest BCUT2D eigenvalue weighted by atomic mass is 10.3. The molecule has 0 N–H and O–H groups in total. The molecule has 1 aromatic rings. The van der Waals surface area contributed by atoms with Crippen LogP contribution in [0.15, 0.2) is 12.1 Å². The second kappa shape index (κ2) is 5.20. The van der Waals surface area contributed by atoms with Gasteiger partial charge in [0.2, 0.25) is 5.91 Å². The molecular formula is C12H19N5O. The first-order valence-electron chi connectivity index (χ1n) is 6.09. The normalized spacial score (nSPS) is 15.7. The summed E-state index contributed by atoms with van der Waals surface area (Å²) in [6.07, 6.45) is 0. The van der Waals surface area contributed by atoms with E-state index >= 15 is 0 Å². The smallest absolute Gasteiger partial charge is 0.219 e. The molecule has 1 aromatic heterocycles. The molecule has 1 amide bonds. The van der Waals surface area contributed by atoms with Gasteiger partial charge >= 0.3 is 0 Å². The molecule has 0 spiro atoms. The quantitative estimate of drug-likeness (QED) is 0.750. The van der Waals surface area contributed by atoms with Crippen LogP contribution in [0.2, 0.25) is 0 Å². The summed E-state index contributed by atoms with van der Waals surface area (Å²) >= 11 is 0. The predicted octanol–water partition coefficient (Wildman–Crippen LogP) is 0.211. The standard InChI is InChI=1S/C12H19N5O/c1-10(18)16-6-8-17(9-7-16)12-5-4-11(13-14-12)15(2)3/h4-5H,6-9H2,1-3H3. The van der Waals surface area contributed by atoms with E-state index in [4.69, 9.17) is 0 Å². The van der Waals surface area contributed by atoms with Crippen LogP contribution in [-0.4, -0.2) is 61.3 Å².